The standard InChI is InChI=1S/C28H29Cl2N3O7/c1-13-7-5-10-17-21(13)14(2)23(32-17)25(37)28(3,4)24(31)26(38)33-18(11-20(35)36)19(34)12-40-27(39)22-15(29)8-6-9-16(22)30/h5-10,18,24,32H,11-12,31H2,1-4H3,(H,33,38)(H,35,36)/t18?,24-/m1/s1. The number of esters is 1. The molecule has 212 valence electrons. The summed E-state index contributed by atoms with van der Waals surface area (Å²) in [5.41, 5.74) is 7.31. The molecule has 0 aliphatic heterocycles. The van der Waals surface area contributed by atoms with Crippen molar-refractivity contribution in [2.24, 2.45) is 11.1 Å². The Hall–Kier alpha value is -3.73. The van der Waals surface area contributed by atoms with Crippen molar-refractivity contribution in [3.05, 3.63) is 68.8 Å². The number of carbonyl (C=O) groups excluding carboxylic acids is 4. The molecule has 2 aromatic carbocycles. The second kappa shape index (κ2) is 12.2. The Morgan fingerprint density at radius 2 is 1.65 bits per heavy atom. The Balaban J connectivity index is 1.75. The molecule has 5 N–H and O–H groups in total. The van der Waals surface area contributed by atoms with Crippen LogP contribution in [0.15, 0.2) is 36.4 Å². The summed E-state index contributed by atoms with van der Waals surface area (Å²) in [6.07, 6.45) is -0.809. The van der Waals surface area contributed by atoms with E-state index in [1.54, 1.807) is 6.92 Å². The molecular formula is C28H29Cl2N3O7. The summed E-state index contributed by atoms with van der Waals surface area (Å²) >= 11 is 12.0. The number of aromatic amines is 1. The van der Waals surface area contributed by atoms with E-state index in [9.17, 15) is 29.1 Å². The summed E-state index contributed by atoms with van der Waals surface area (Å²) in [4.78, 5) is 66.4. The molecule has 3 aromatic rings. The minimum absolute atomic E-state index is 0.00132. The molecule has 3 rings (SSSR count). The van der Waals surface area contributed by atoms with Crippen LogP contribution in [-0.4, -0.2) is 58.2 Å². The van der Waals surface area contributed by atoms with Gasteiger partial charge in [0.1, 0.15) is 6.04 Å². The zero-order valence-corrected chi connectivity index (χ0v) is 23.8. The Morgan fingerprint density at radius 1 is 1.05 bits per heavy atom. The number of hydrogen-bond acceptors (Lipinski definition) is 7. The number of rotatable bonds is 11. The molecule has 0 saturated carbocycles. The lowest BCUT2D eigenvalue weighted by atomic mass is 9.78. The van der Waals surface area contributed by atoms with E-state index in [0.29, 0.717) is 11.3 Å². The molecule has 0 fully saturated rings. The highest BCUT2D eigenvalue weighted by Crippen LogP contribution is 2.31. The van der Waals surface area contributed by atoms with Gasteiger partial charge in [0.15, 0.2) is 18.2 Å². The summed E-state index contributed by atoms with van der Waals surface area (Å²) in [6, 6.07) is 6.88. The van der Waals surface area contributed by atoms with Gasteiger partial charge in [-0.1, -0.05) is 55.2 Å². The SMILES string of the molecule is Cc1cccc2[nH]c(C(=O)C(C)(C)[C@H](N)C(=O)NC(CC(=O)O)C(=O)COC(=O)c3c(Cl)cccc3Cl)c(C)c12. The molecule has 12 heteroatoms. The third-order valence-electron chi connectivity index (χ3n) is 6.75. The van der Waals surface area contributed by atoms with Crippen molar-refractivity contribution in [3.63, 3.8) is 0 Å². The molecule has 1 aromatic heterocycles. The van der Waals surface area contributed by atoms with Gasteiger partial charge in [0.2, 0.25) is 5.91 Å². The molecule has 0 aliphatic carbocycles. The number of carboxylic acid groups (broad SMARTS) is 1. The molecule has 1 amide bonds. The van der Waals surface area contributed by atoms with Gasteiger partial charge >= 0.3 is 11.9 Å². The zero-order chi connectivity index (χ0) is 29.9. The van der Waals surface area contributed by atoms with Gasteiger partial charge in [0.05, 0.1) is 39.2 Å². The van der Waals surface area contributed by atoms with Crippen LogP contribution in [-0.2, 0) is 19.1 Å². The van der Waals surface area contributed by atoms with Crippen LogP contribution in [0.3, 0.4) is 0 Å². The van der Waals surface area contributed by atoms with Gasteiger partial charge in [0, 0.05) is 10.9 Å². The maximum atomic E-state index is 13.5. The topological polar surface area (TPSA) is 169 Å². The van der Waals surface area contributed by atoms with Gasteiger partial charge in [-0.05, 0) is 43.2 Å². The highest BCUT2D eigenvalue weighted by molar-refractivity contribution is 6.39. The van der Waals surface area contributed by atoms with Crippen LogP contribution >= 0.6 is 23.2 Å². The third-order valence-corrected chi connectivity index (χ3v) is 7.38. The third kappa shape index (κ3) is 6.35. The van der Waals surface area contributed by atoms with Crippen molar-refractivity contribution < 1.29 is 33.8 Å². The number of halogens is 2. The minimum Gasteiger partial charge on any atom is -0.481 e. The molecule has 2 atom stereocenters. The number of carboxylic acids is 1. The first-order valence-corrected chi connectivity index (χ1v) is 13.0. The Morgan fingerprint density at radius 3 is 2.23 bits per heavy atom. The molecular weight excluding hydrogens is 561 g/mol. The molecule has 1 unspecified atom stereocenters. The lowest BCUT2D eigenvalue weighted by Gasteiger charge is -2.30. The largest absolute Gasteiger partial charge is 0.481 e. The highest BCUT2D eigenvalue weighted by Gasteiger charge is 2.42. The average molecular weight is 590 g/mol. The lowest BCUT2D eigenvalue weighted by Crippen LogP contribution is -2.57. The van der Waals surface area contributed by atoms with Crippen LogP contribution in [0.2, 0.25) is 10.0 Å². The van der Waals surface area contributed by atoms with Crippen molar-refractivity contribution in [2.45, 2.75) is 46.2 Å². The van der Waals surface area contributed by atoms with E-state index in [2.05, 4.69) is 10.3 Å². The predicted molar refractivity (Wildman–Crippen MR) is 150 cm³/mol. The number of fused-ring (bicyclic) bond motifs is 1. The molecule has 0 saturated heterocycles. The number of aliphatic carboxylic acids is 1. The smallest absolute Gasteiger partial charge is 0.341 e. The van der Waals surface area contributed by atoms with E-state index in [1.807, 2.05) is 25.1 Å². The summed E-state index contributed by atoms with van der Waals surface area (Å²) in [7, 11) is 0. The van der Waals surface area contributed by atoms with E-state index in [0.717, 1.165) is 16.5 Å². The van der Waals surface area contributed by atoms with Gasteiger partial charge in [-0.3, -0.25) is 19.2 Å². The van der Waals surface area contributed by atoms with Crippen LogP contribution in [0.25, 0.3) is 10.9 Å². The number of H-pyrrole nitrogens is 1. The first-order chi connectivity index (χ1) is 18.7. The van der Waals surface area contributed by atoms with E-state index in [-0.39, 0.29) is 15.6 Å². The van der Waals surface area contributed by atoms with Crippen LogP contribution in [0.4, 0.5) is 0 Å². The summed E-state index contributed by atoms with van der Waals surface area (Å²) in [5, 5.41) is 12.5. The monoisotopic (exact) mass is 589 g/mol. The fourth-order valence-electron chi connectivity index (χ4n) is 4.33. The maximum Gasteiger partial charge on any atom is 0.341 e. The molecule has 0 spiro atoms. The first kappa shape index (κ1) is 30.8. The molecule has 10 nitrogen and oxygen atoms in total. The number of hydrogen-bond donors (Lipinski definition) is 4. The van der Waals surface area contributed by atoms with Crippen molar-refractivity contribution in [1.29, 1.82) is 0 Å². The van der Waals surface area contributed by atoms with Gasteiger partial charge in [-0.15, -0.1) is 0 Å². The van der Waals surface area contributed by atoms with E-state index >= 15 is 0 Å². The normalized spacial score (nSPS) is 13.0. The van der Waals surface area contributed by atoms with Crippen LogP contribution in [0.5, 0.6) is 0 Å². The predicted octanol–water partition coefficient (Wildman–Crippen LogP) is 4.01. The average Bonchev–Trinajstić information content (AvgIpc) is 3.22. The van der Waals surface area contributed by atoms with Gasteiger partial charge < -0.3 is 25.9 Å². The fourth-order valence-corrected chi connectivity index (χ4v) is 4.88. The quantitative estimate of drug-likeness (QED) is 0.192. The Bertz CT molecular complexity index is 1490. The Labute approximate surface area is 240 Å². The number of ketones is 2. The van der Waals surface area contributed by atoms with Gasteiger partial charge in [0.25, 0.3) is 0 Å². The van der Waals surface area contributed by atoms with E-state index in [1.165, 1.54) is 32.0 Å². The minimum atomic E-state index is -1.59. The first-order valence-electron chi connectivity index (χ1n) is 12.2. The van der Waals surface area contributed by atoms with Crippen LogP contribution in [0, 0.1) is 19.3 Å². The molecule has 40 heavy (non-hydrogen) atoms. The second-order valence-corrected chi connectivity index (χ2v) is 10.8. The van der Waals surface area contributed by atoms with Crippen LogP contribution < -0.4 is 11.1 Å². The van der Waals surface area contributed by atoms with Crippen molar-refractivity contribution in [2.75, 3.05) is 6.61 Å². The Kier molecular flexibility index (Phi) is 9.40. The molecule has 1 heterocycles. The number of Topliss-reactive ketones (excluding diaryl/α,β-unsaturated/α-hetero) is 2. The second-order valence-electron chi connectivity index (χ2n) is 9.95. The van der Waals surface area contributed by atoms with Crippen LogP contribution in [0.1, 0.15) is 52.2 Å². The number of aryl methyl sites for hydroxylation is 2. The highest BCUT2D eigenvalue weighted by atomic mass is 35.5. The summed E-state index contributed by atoms with van der Waals surface area (Å²) in [5.74, 6) is -4.67. The van der Waals surface area contributed by atoms with Gasteiger partial charge in [-0.25, -0.2) is 4.79 Å². The van der Waals surface area contributed by atoms with E-state index in [4.69, 9.17) is 33.7 Å². The number of nitrogens with two attached hydrogens (primary N) is 1. The summed E-state index contributed by atoms with van der Waals surface area (Å²) in [6.45, 7) is 5.81. The van der Waals surface area contributed by atoms with Crippen molar-refractivity contribution >= 4 is 63.5 Å². The maximum absolute atomic E-state index is 13.5. The fraction of sp³-hybridized carbons (Fsp3) is 0.321. The number of benzene rings is 2. The lowest BCUT2D eigenvalue weighted by molar-refractivity contribution is -0.141. The van der Waals surface area contributed by atoms with Crippen molar-refractivity contribution in [1.82, 2.24) is 10.3 Å². The summed E-state index contributed by atoms with van der Waals surface area (Å²) < 4.78 is 4.98. The molecule has 0 bridgehead atoms. The van der Waals surface area contributed by atoms with Crippen molar-refractivity contribution in [3.8, 4) is 0 Å². The number of carbonyl (C=O) groups is 5. The number of ether oxygens (including phenoxy) is 1. The molecule has 0 radical (unpaired) electrons. The van der Waals surface area contributed by atoms with Gasteiger partial charge in [-0.2, -0.15) is 0 Å². The zero-order valence-electron chi connectivity index (χ0n) is 22.3. The molecule has 0 aliphatic rings. The number of amides is 1. The number of aromatic nitrogens is 1. The van der Waals surface area contributed by atoms with E-state index < -0.39 is 59.9 Å². The number of nitrogens with one attached hydrogen (secondary N) is 2.